The summed E-state index contributed by atoms with van der Waals surface area (Å²) in [5.74, 6) is -0.679. The Hall–Kier alpha value is -3.04. The van der Waals surface area contributed by atoms with Crippen molar-refractivity contribution in [2.24, 2.45) is 11.3 Å². The second-order valence-corrected chi connectivity index (χ2v) is 14.8. The highest BCUT2D eigenvalue weighted by Gasteiger charge is 2.36. The summed E-state index contributed by atoms with van der Waals surface area (Å²) in [6.45, 7) is 6.21. The van der Waals surface area contributed by atoms with Gasteiger partial charge in [-0.05, 0) is 65.3 Å². The average molecular weight is 567 g/mol. The Labute approximate surface area is 233 Å². The van der Waals surface area contributed by atoms with Gasteiger partial charge in [0.05, 0.1) is 28.3 Å². The van der Waals surface area contributed by atoms with E-state index >= 15 is 0 Å². The standard InChI is InChI=1S/C30H34N2O5S2/c1-30(2,3)20-14-19(15-22-8-7-12-38-22)28-24(16-20)27(23-9-5-6-10-25(23)31-28)29(34)37-17-26(33)32(4)21-11-13-39(35,36)18-21/h5-10,12,15,20-21H,11,13-14,16-18H2,1-4H3/b19-15+/t20-,21-/m0/s1. The lowest BCUT2D eigenvalue weighted by molar-refractivity contribution is -0.134. The maximum atomic E-state index is 13.7. The summed E-state index contributed by atoms with van der Waals surface area (Å²) in [5.41, 5.74) is 3.93. The number of rotatable bonds is 5. The molecule has 2 aliphatic rings. The predicted molar refractivity (Wildman–Crippen MR) is 155 cm³/mol. The van der Waals surface area contributed by atoms with E-state index in [1.807, 2.05) is 35.7 Å². The second-order valence-electron chi connectivity index (χ2n) is 11.6. The Balaban J connectivity index is 1.51. The number of allylic oxidation sites excluding steroid dienone is 1. The van der Waals surface area contributed by atoms with Crippen LogP contribution in [0.1, 0.15) is 60.1 Å². The number of carbonyl (C=O) groups excluding carboxylic acids is 2. The molecule has 3 heterocycles. The number of benzene rings is 1. The van der Waals surface area contributed by atoms with Gasteiger partial charge in [0.15, 0.2) is 16.4 Å². The third-order valence-electron chi connectivity index (χ3n) is 7.98. The second kappa shape index (κ2) is 10.5. The lowest BCUT2D eigenvalue weighted by Gasteiger charge is -2.36. The molecule has 1 aromatic carbocycles. The van der Waals surface area contributed by atoms with E-state index in [0.717, 1.165) is 28.1 Å². The topological polar surface area (TPSA) is 93.6 Å². The van der Waals surface area contributed by atoms with Crippen molar-refractivity contribution in [3.8, 4) is 0 Å². The molecule has 0 bridgehead atoms. The van der Waals surface area contributed by atoms with Crippen molar-refractivity contribution >= 4 is 55.6 Å². The molecule has 1 fully saturated rings. The van der Waals surface area contributed by atoms with Crippen LogP contribution in [-0.4, -0.2) is 61.4 Å². The van der Waals surface area contributed by atoms with Crippen LogP contribution in [0.4, 0.5) is 0 Å². The molecule has 1 saturated heterocycles. The normalized spacial score (nSPS) is 21.6. The number of ether oxygens (including phenoxy) is 1. The van der Waals surface area contributed by atoms with Crippen LogP contribution in [-0.2, 0) is 25.8 Å². The first-order valence-corrected chi connectivity index (χ1v) is 15.9. The minimum atomic E-state index is -3.14. The molecule has 206 valence electrons. The molecular formula is C30H34N2O5S2. The van der Waals surface area contributed by atoms with E-state index in [2.05, 4.69) is 32.9 Å². The first-order valence-electron chi connectivity index (χ1n) is 13.2. The molecule has 1 amide bonds. The van der Waals surface area contributed by atoms with Gasteiger partial charge in [-0.3, -0.25) is 4.79 Å². The smallest absolute Gasteiger partial charge is 0.339 e. The Bertz CT molecular complexity index is 1550. The molecule has 0 N–H and O–H groups in total. The van der Waals surface area contributed by atoms with Gasteiger partial charge < -0.3 is 9.64 Å². The molecule has 0 saturated carbocycles. The summed E-state index contributed by atoms with van der Waals surface area (Å²) in [5, 5.41) is 2.75. The molecule has 1 aliphatic carbocycles. The maximum absolute atomic E-state index is 13.7. The maximum Gasteiger partial charge on any atom is 0.339 e. The van der Waals surface area contributed by atoms with E-state index in [4.69, 9.17) is 9.72 Å². The van der Waals surface area contributed by atoms with Crippen LogP contribution in [0, 0.1) is 11.3 Å². The number of fused-ring (bicyclic) bond motifs is 2. The fraction of sp³-hybridized carbons (Fsp3) is 0.433. The number of carbonyl (C=O) groups is 2. The van der Waals surface area contributed by atoms with Crippen molar-refractivity contribution in [3.63, 3.8) is 0 Å². The summed E-state index contributed by atoms with van der Waals surface area (Å²) in [6, 6.07) is 11.2. The van der Waals surface area contributed by atoms with Gasteiger partial charge >= 0.3 is 5.97 Å². The van der Waals surface area contributed by atoms with Gasteiger partial charge in [-0.15, -0.1) is 11.3 Å². The zero-order valence-electron chi connectivity index (χ0n) is 22.8. The highest BCUT2D eigenvalue weighted by atomic mass is 32.2. The average Bonchev–Trinajstić information content (AvgIpc) is 3.53. The summed E-state index contributed by atoms with van der Waals surface area (Å²) in [6.07, 6.45) is 4.10. The van der Waals surface area contributed by atoms with E-state index in [1.165, 1.54) is 4.90 Å². The van der Waals surface area contributed by atoms with Crippen molar-refractivity contribution in [2.45, 2.75) is 46.1 Å². The van der Waals surface area contributed by atoms with Gasteiger partial charge in [-0.25, -0.2) is 18.2 Å². The van der Waals surface area contributed by atoms with E-state index in [1.54, 1.807) is 18.4 Å². The molecule has 1 aliphatic heterocycles. The molecule has 2 aromatic heterocycles. The van der Waals surface area contributed by atoms with Gasteiger partial charge in [0.2, 0.25) is 0 Å². The Morgan fingerprint density at radius 2 is 1.92 bits per heavy atom. The Kier molecular flexibility index (Phi) is 7.41. The quantitative estimate of drug-likeness (QED) is 0.392. The number of hydrogen-bond acceptors (Lipinski definition) is 7. The van der Waals surface area contributed by atoms with Crippen molar-refractivity contribution in [2.75, 3.05) is 25.2 Å². The molecule has 3 aromatic rings. The molecular weight excluding hydrogens is 532 g/mol. The lowest BCUT2D eigenvalue weighted by Crippen LogP contribution is -2.40. The molecule has 0 spiro atoms. The van der Waals surface area contributed by atoms with Crippen LogP contribution in [0.25, 0.3) is 22.6 Å². The van der Waals surface area contributed by atoms with Gasteiger partial charge in [-0.1, -0.05) is 45.0 Å². The molecule has 39 heavy (non-hydrogen) atoms. The van der Waals surface area contributed by atoms with Gasteiger partial charge in [0, 0.05) is 23.4 Å². The molecule has 9 heteroatoms. The third kappa shape index (κ3) is 5.79. The van der Waals surface area contributed by atoms with Crippen molar-refractivity contribution in [1.82, 2.24) is 9.88 Å². The number of thiophene rings is 1. The number of esters is 1. The summed E-state index contributed by atoms with van der Waals surface area (Å²) >= 11 is 1.66. The number of pyridine rings is 1. The summed E-state index contributed by atoms with van der Waals surface area (Å²) in [7, 11) is -1.57. The van der Waals surface area contributed by atoms with E-state index < -0.39 is 34.4 Å². The first-order chi connectivity index (χ1) is 18.4. The van der Waals surface area contributed by atoms with Crippen molar-refractivity contribution < 1.29 is 22.7 Å². The van der Waals surface area contributed by atoms with Crippen LogP contribution in [0.2, 0.25) is 0 Å². The minimum absolute atomic E-state index is 0.000649. The number of aromatic nitrogens is 1. The van der Waals surface area contributed by atoms with Gasteiger partial charge in [-0.2, -0.15) is 0 Å². The monoisotopic (exact) mass is 566 g/mol. The number of sulfone groups is 1. The molecule has 5 rings (SSSR count). The van der Waals surface area contributed by atoms with Crippen LogP contribution in [0.3, 0.4) is 0 Å². The highest BCUT2D eigenvalue weighted by molar-refractivity contribution is 7.91. The van der Waals surface area contributed by atoms with E-state index in [0.29, 0.717) is 29.3 Å². The van der Waals surface area contributed by atoms with Crippen LogP contribution >= 0.6 is 11.3 Å². The van der Waals surface area contributed by atoms with E-state index in [9.17, 15) is 18.0 Å². The van der Waals surface area contributed by atoms with Crippen LogP contribution in [0.15, 0.2) is 41.8 Å². The molecule has 0 unspecified atom stereocenters. The summed E-state index contributed by atoms with van der Waals surface area (Å²) < 4.78 is 29.4. The largest absolute Gasteiger partial charge is 0.452 e. The Morgan fingerprint density at radius 3 is 2.59 bits per heavy atom. The number of para-hydroxylation sites is 1. The number of amides is 1. The van der Waals surface area contributed by atoms with Gasteiger partial charge in [0.1, 0.15) is 0 Å². The summed E-state index contributed by atoms with van der Waals surface area (Å²) in [4.78, 5) is 34.2. The van der Waals surface area contributed by atoms with E-state index in [-0.39, 0.29) is 22.8 Å². The fourth-order valence-electron chi connectivity index (χ4n) is 5.50. The molecule has 0 radical (unpaired) electrons. The zero-order valence-corrected chi connectivity index (χ0v) is 24.4. The molecule has 7 nitrogen and oxygen atoms in total. The highest BCUT2D eigenvalue weighted by Crippen LogP contribution is 2.45. The first kappa shape index (κ1) is 27.5. The van der Waals surface area contributed by atoms with Crippen LogP contribution < -0.4 is 0 Å². The van der Waals surface area contributed by atoms with Crippen molar-refractivity contribution in [1.29, 1.82) is 0 Å². The third-order valence-corrected chi connectivity index (χ3v) is 10.5. The SMILES string of the molecule is CN(C(=O)COC(=O)c1c2c(nc3ccccc13)/C(=C/c1cccs1)C[C@H](C(C)(C)C)C2)[C@H]1CCS(=O)(=O)C1. The minimum Gasteiger partial charge on any atom is -0.452 e. The van der Waals surface area contributed by atoms with Crippen molar-refractivity contribution in [3.05, 3.63) is 63.5 Å². The Morgan fingerprint density at radius 1 is 1.15 bits per heavy atom. The zero-order chi connectivity index (χ0) is 27.9. The van der Waals surface area contributed by atoms with Crippen LogP contribution in [0.5, 0.6) is 0 Å². The van der Waals surface area contributed by atoms with Gasteiger partial charge in [0.25, 0.3) is 5.91 Å². The number of hydrogen-bond donors (Lipinski definition) is 0. The predicted octanol–water partition coefficient (Wildman–Crippen LogP) is 5.25. The fourth-order valence-corrected chi connectivity index (χ4v) is 7.96. The molecule has 2 atom stereocenters. The number of likely N-dealkylation sites (N-methyl/N-ethyl adjacent to an activating group) is 1. The lowest BCUT2D eigenvalue weighted by atomic mass is 9.69. The number of nitrogens with zero attached hydrogens (tertiary/aromatic N) is 2.